The van der Waals surface area contributed by atoms with Crippen LogP contribution in [0.25, 0.3) is 0 Å². The van der Waals surface area contributed by atoms with Crippen molar-refractivity contribution >= 4 is 11.6 Å². The van der Waals surface area contributed by atoms with Crippen LogP contribution >= 0.6 is 0 Å². The number of aliphatic hydroxyl groups excluding tert-OH is 3. The van der Waals surface area contributed by atoms with E-state index < -0.39 is 6.10 Å². The van der Waals surface area contributed by atoms with Crippen molar-refractivity contribution in [3.05, 3.63) is 18.2 Å². The minimum Gasteiger partial charge on any atom is -0.497 e. The monoisotopic (exact) mass is 543 g/mol. The Bertz CT molecular complexity index is 1050. The summed E-state index contributed by atoms with van der Waals surface area (Å²) < 4.78 is 10.7. The third-order valence-corrected chi connectivity index (χ3v) is 12.0. The lowest BCUT2D eigenvalue weighted by molar-refractivity contribution is -0.207. The second kappa shape index (κ2) is 10.9. The predicted molar refractivity (Wildman–Crippen MR) is 151 cm³/mol. The maximum Gasteiger partial charge on any atom is 0.224 e. The second-order valence-corrected chi connectivity index (χ2v) is 13.7. The SMILES string of the molecule is COc1ccc(NC(=O)CCC(C)C2CCC3C4C(O)CC5CC(O)CCC5(C)C4CC(O)C23C)c(OC)c1. The van der Waals surface area contributed by atoms with E-state index in [1.807, 2.05) is 0 Å². The number of anilines is 1. The average molecular weight is 544 g/mol. The van der Waals surface area contributed by atoms with Crippen LogP contribution in [0.1, 0.15) is 78.6 Å². The molecule has 0 spiro atoms. The smallest absolute Gasteiger partial charge is 0.224 e. The zero-order chi connectivity index (χ0) is 28.1. The highest BCUT2D eigenvalue weighted by Gasteiger charge is 2.65. The van der Waals surface area contributed by atoms with Crippen LogP contribution in [0.15, 0.2) is 18.2 Å². The number of nitrogens with one attached hydrogen (secondary N) is 1. The van der Waals surface area contributed by atoms with Crippen molar-refractivity contribution in [1.82, 2.24) is 0 Å². The molecule has 4 N–H and O–H groups in total. The molecule has 7 nitrogen and oxygen atoms in total. The number of methoxy groups -OCH3 is 2. The first-order valence-corrected chi connectivity index (χ1v) is 15.1. The highest BCUT2D eigenvalue weighted by Crippen LogP contribution is 2.68. The number of fused-ring (bicyclic) bond motifs is 5. The minimum absolute atomic E-state index is 0.0459. The van der Waals surface area contributed by atoms with Crippen LogP contribution in [0.5, 0.6) is 11.5 Å². The molecule has 4 saturated carbocycles. The molecular weight excluding hydrogens is 494 g/mol. The van der Waals surface area contributed by atoms with E-state index in [0.29, 0.717) is 41.4 Å². The largest absolute Gasteiger partial charge is 0.497 e. The number of ether oxygens (including phenoxy) is 2. The maximum atomic E-state index is 12.9. The Labute approximate surface area is 233 Å². The highest BCUT2D eigenvalue weighted by atomic mass is 16.5. The van der Waals surface area contributed by atoms with Crippen molar-refractivity contribution in [2.75, 3.05) is 19.5 Å². The van der Waals surface area contributed by atoms with Gasteiger partial charge >= 0.3 is 0 Å². The minimum atomic E-state index is -0.411. The lowest BCUT2D eigenvalue weighted by atomic mass is 9.43. The summed E-state index contributed by atoms with van der Waals surface area (Å²) >= 11 is 0. The van der Waals surface area contributed by atoms with Gasteiger partial charge in [0.1, 0.15) is 11.5 Å². The van der Waals surface area contributed by atoms with E-state index in [0.717, 1.165) is 51.4 Å². The van der Waals surface area contributed by atoms with Crippen molar-refractivity contribution in [1.29, 1.82) is 0 Å². The van der Waals surface area contributed by atoms with E-state index in [1.165, 1.54) is 0 Å². The van der Waals surface area contributed by atoms with Gasteiger partial charge in [0.15, 0.2) is 0 Å². The standard InChI is InChI=1S/C32H49NO6/c1-18(6-11-29(37)33-25-10-7-21(38-4)16-27(25)39-5)22-8-9-23-30-24(17-28(36)32(22,23)3)31(2)13-12-20(34)14-19(31)15-26(30)35/h7,10,16,18-20,22-24,26,28,30,34-36H,6,8-9,11-15,17H2,1-5H3,(H,33,37). The van der Waals surface area contributed by atoms with Gasteiger partial charge in [-0.15, -0.1) is 0 Å². The highest BCUT2D eigenvalue weighted by molar-refractivity contribution is 5.92. The molecule has 5 rings (SSSR count). The number of carbonyl (C=O) groups excluding carboxylic acids is 1. The van der Waals surface area contributed by atoms with Gasteiger partial charge in [-0.3, -0.25) is 4.79 Å². The van der Waals surface area contributed by atoms with Crippen molar-refractivity contribution in [3.8, 4) is 11.5 Å². The number of hydrogen-bond donors (Lipinski definition) is 4. The van der Waals surface area contributed by atoms with E-state index in [-0.39, 0.29) is 46.7 Å². The van der Waals surface area contributed by atoms with Crippen LogP contribution in [-0.2, 0) is 4.79 Å². The van der Waals surface area contributed by atoms with Crippen LogP contribution in [0.2, 0.25) is 0 Å². The second-order valence-electron chi connectivity index (χ2n) is 13.7. The van der Waals surface area contributed by atoms with Crippen LogP contribution in [0.4, 0.5) is 5.69 Å². The fraction of sp³-hybridized carbons (Fsp3) is 0.781. The normalized spacial score (nSPS) is 42.1. The maximum absolute atomic E-state index is 12.9. The van der Waals surface area contributed by atoms with Crippen molar-refractivity contribution in [3.63, 3.8) is 0 Å². The van der Waals surface area contributed by atoms with Gasteiger partial charge in [0.2, 0.25) is 5.91 Å². The number of amides is 1. The molecule has 0 radical (unpaired) electrons. The van der Waals surface area contributed by atoms with Gasteiger partial charge in [-0.05, 0) is 110 Å². The fourth-order valence-electron chi connectivity index (χ4n) is 9.81. The van der Waals surface area contributed by atoms with Crippen molar-refractivity contribution < 1.29 is 29.6 Å². The molecule has 0 aliphatic heterocycles. The van der Waals surface area contributed by atoms with Gasteiger partial charge in [0, 0.05) is 12.5 Å². The fourth-order valence-corrected chi connectivity index (χ4v) is 9.81. The van der Waals surface area contributed by atoms with E-state index in [4.69, 9.17) is 9.47 Å². The number of rotatable bonds is 7. The van der Waals surface area contributed by atoms with Gasteiger partial charge in [-0.1, -0.05) is 20.8 Å². The van der Waals surface area contributed by atoms with Gasteiger partial charge in [-0.25, -0.2) is 0 Å². The number of benzene rings is 1. The number of carbonyl (C=O) groups is 1. The lowest BCUT2D eigenvalue weighted by Gasteiger charge is -2.63. The first kappa shape index (κ1) is 28.7. The third kappa shape index (κ3) is 4.87. The Morgan fingerprint density at radius 3 is 2.54 bits per heavy atom. The lowest BCUT2D eigenvalue weighted by Crippen LogP contribution is -2.62. The van der Waals surface area contributed by atoms with Gasteiger partial charge < -0.3 is 30.1 Å². The van der Waals surface area contributed by atoms with E-state index in [1.54, 1.807) is 32.4 Å². The molecule has 0 saturated heterocycles. The average Bonchev–Trinajstić information content (AvgIpc) is 3.27. The molecule has 11 unspecified atom stereocenters. The molecule has 0 heterocycles. The quantitative estimate of drug-likeness (QED) is 0.385. The first-order chi connectivity index (χ1) is 18.5. The zero-order valence-corrected chi connectivity index (χ0v) is 24.4. The number of aliphatic hydroxyl groups is 3. The van der Waals surface area contributed by atoms with Crippen LogP contribution in [0.3, 0.4) is 0 Å². The Hall–Kier alpha value is -1.83. The summed E-state index contributed by atoms with van der Waals surface area (Å²) in [6, 6.07) is 5.35. The molecule has 0 bridgehead atoms. The van der Waals surface area contributed by atoms with Crippen LogP contribution in [-0.4, -0.2) is 53.8 Å². The Morgan fingerprint density at radius 2 is 1.82 bits per heavy atom. The number of hydrogen-bond acceptors (Lipinski definition) is 6. The molecule has 1 aromatic rings. The summed E-state index contributed by atoms with van der Waals surface area (Å²) in [4.78, 5) is 12.9. The Balaban J connectivity index is 1.26. The topological polar surface area (TPSA) is 108 Å². The van der Waals surface area contributed by atoms with Gasteiger partial charge in [-0.2, -0.15) is 0 Å². The van der Waals surface area contributed by atoms with E-state index in [2.05, 4.69) is 26.1 Å². The predicted octanol–water partition coefficient (Wildman–Crippen LogP) is 5.02. The zero-order valence-electron chi connectivity index (χ0n) is 24.4. The molecule has 11 atom stereocenters. The summed E-state index contributed by atoms with van der Waals surface area (Å²) in [6.45, 7) is 6.87. The summed E-state index contributed by atoms with van der Waals surface area (Å²) in [7, 11) is 3.17. The van der Waals surface area contributed by atoms with Crippen molar-refractivity contribution in [2.24, 2.45) is 46.3 Å². The molecule has 7 heteroatoms. The Kier molecular flexibility index (Phi) is 7.99. The molecule has 218 valence electrons. The van der Waals surface area contributed by atoms with E-state index >= 15 is 0 Å². The molecule has 1 amide bonds. The summed E-state index contributed by atoms with van der Waals surface area (Å²) in [5.74, 6) is 2.90. The molecular formula is C32H49NO6. The van der Waals surface area contributed by atoms with Crippen LogP contribution in [0, 0.1) is 46.3 Å². The molecule has 1 aromatic carbocycles. The molecule has 4 fully saturated rings. The van der Waals surface area contributed by atoms with Gasteiger partial charge in [0.05, 0.1) is 38.2 Å². The summed E-state index contributed by atoms with van der Waals surface area (Å²) in [5.41, 5.74) is 0.454. The molecule has 39 heavy (non-hydrogen) atoms. The molecule has 4 aliphatic carbocycles. The first-order valence-electron chi connectivity index (χ1n) is 15.1. The summed E-state index contributed by atoms with van der Waals surface area (Å²) in [5, 5.41) is 36.6. The molecule has 4 aliphatic rings. The Morgan fingerprint density at radius 1 is 1.05 bits per heavy atom. The van der Waals surface area contributed by atoms with E-state index in [9.17, 15) is 20.1 Å². The van der Waals surface area contributed by atoms with Crippen LogP contribution < -0.4 is 14.8 Å². The third-order valence-electron chi connectivity index (χ3n) is 12.0. The molecule has 0 aromatic heterocycles. The van der Waals surface area contributed by atoms with Gasteiger partial charge in [0.25, 0.3) is 0 Å². The van der Waals surface area contributed by atoms with Crippen molar-refractivity contribution in [2.45, 2.75) is 96.9 Å². The summed E-state index contributed by atoms with van der Waals surface area (Å²) in [6.07, 6.45) is 6.26.